The molecule has 1 N–H and O–H groups in total. The third-order valence-electron chi connectivity index (χ3n) is 4.60. The third kappa shape index (κ3) is 4.26. The second kappa shape index (κ2) is 8.51. The highest BCUT2D eigenvalue weighted by molar-refractivity contribution is 8.15. The maximum atomic E-state index is 11.8. The number of imide groups is 1. The molecule has 0 radical (unpaired) electrons. The van der Waals surface area contributed by atoms with Gasteiger partial charge in [-0.3, -0.25) is 14.9 Å². The number of hydrogen-bond acceptors (Lipinski definition) is 7. The Morgan fingerprint density at radius 1 is 1.27 bits per heavy atom. The van der Waals surface area contributed by atoms with Gasteiger partial charge in [0, 0.05) is 7.05 Å². The van der Waals surface area contributed by atoms with Gasteiger partial charge in [0.25, 0.3) is 11.3 Å². The Labute approximate surface area is 177 Å². The Morgan fingerprint density at radius 3 is 2.83 bits per heavy atom. The van der Waals surface area contributed by atoms with Crippen LogP contribution in [0, 0.1) is 11.8 Å². The van der Waals surface area contributed by atoms with Crippen molar-refractivity contribution < 1.29 is 18.7 Å². The number of nitrogens with zero attached hydrogens (tertiary/aromatic N) is 2. The van der Waals surface area contributed by atoms with Crippen molar-refractivity contribution in [3.05, 3.63) is 53.6 Å². The monoisotopic (exact) mass is 421 g/mol. The van der Waals surface area contributed by atoms with E-state index in [2.05, 4.69) is 22.1 Å². The molecule has 1 fully saturated rings. The minimum absolute atomic E-state index is 0.256. The number of amides is 2. The molecule has 4 rings (SSSR count). The summed E-state index contributed by atoms with van der Waals surface area (Å²) in [5.41, 5.74) is 3.16. The second-order valence-electron chi connectivity index (χ2n) is 6.74. The van der Waals surface area contributed by atoms with Gasteiger partial charge in [0.2, 0.25) is 5.91 Å². The highest BCUT2D eigenvalue weighted by Crippen LogP contribution is 2.26. The fourth-order valence-electron chi connectivity index (χ4n) is 3.07. The molecule has 152 valence electrons. The Hall–Kier alpha value is -3.44. The topological polar surface area (TPSA) is 84.7 Å². The van der Waals surface area contributed by atoms with Crippen molar-refractivity contribution in [2.45, 2.75) is 11.7 Å². The van der Waals surface area contributed by atoms with Crippen LogP contribution in [0.1, 0.15) is 11.1 Å². The Bertz CT molecular complexity index is 1140. The van der Waals surface area contributed by atoms with Crippen LogP contribution in [-0.4, -0.2) is 42.1 Å². The van der Waals surface area contributed by atoms with E-state index in [1.807, 2.05) is 54.4 Å². The number of carbonyl (C=O) groups excluding carboxylic acids is 2. The first-order chi connectivity index (χ1) is 14.5. The van der Waals surface area contributed by atoms with Gasteiger partial charge >= 0.3 is 0 Å². The predicted molar refractivity (Wildman–Crippen MR) is 116 cm³/mol. The maximum Gasteiger partial charge on any atom is 0.298 e. The Morgan fingerprint density at radius 2 is 2.10 bits per heavy atom. The standard InChI is InChI=1S/C22H19N3O4S/c1-25(21-23-16-7-3-4-8-18(16)29-21)11-5-6-15-12-14(9-10-17(15)28-2)13-19-20(26)24-22(27)30-19/h3-4,7-10,12,19H,11,13H2,1-2H3,(H,24,26,27). The first-order valence-corrected chi connectivity index (χ1v) is 10.2. The van der Waals surface area contributed by atoms with Gasteiger partial charge in [-0.2, -0.15) is 4.98 Å². The van der Waals surface area contributed by atoms with E-state index < -0.39 is 5.25 Å². The zero-order valence-corrected chi connectivity index (χ0v) is 17.3. The summed E-state index contributed by atoms with van der Waals surface area (Å²) < 4.78 is 11.1. The van der Waals surface area contributed by atoms with Crippen molar-refractivity contribution in [3.63, 3.8) is 0 Å². The molecule has 0 bridgehead atoms. The van der Waals surface area contributed by atoms with Crippen molar-refractivity contribution in [2.24, 2.45) is 0 Å². The molecule has 0 spiro atoms. The molecule has 1 aromatic heterocycles. The average molecular weight is 421 g/mol. The van der Waals surface area contributed by atoms with Gasteiger partial charge in [-0.1, -0.05) is 41.8 Å². The first-order valence-electron chi connectivity index (χ1n) is 9.27. The lowest BCUT2D eigenvalue weighted by atomic mass is 10.0. The highest BCUT2D eigenvalue weighted by Gasteiger charge is 2.31. The van der Waals surface area contributed by atoms with E-state index in [0.29, 0.717) is 24.7 Å². The molecule has 2 amide bonds. The van der Waals surface area contributed by atoms with Crippen LogP contribution in [0.2, 0.25) is 0 Å². The number of hydrogen-bond donors (Lipinski definition) is 1. The van der Waals surface area contributed by atoms with Crippen molar-refractivity contribution in [1.82, 2.24) is 10.3 Å². The van der Waals surface area contributed by atoms with Crippen LogP contribution in [0.4, 0.5) is 10.8 Å². The summed E-state index contributed by atoms with van der Waals surface area (Å²) in [4.78, 5) is 29.5. The summed E-state index contributed by atoms with van der Waals surface area (Å²) in [5, 5.41) is 1.58. The normalized spacial score (nSPS) is 15.6. The van der Waals surface area contributed by atoms with Gasteiger partial charge in [0.1, 0.15) is 11.3 Å². The summed E-state index contributed by atoms with van der Waals surface area (Å²) in [6.07, 6.45) is 0.448. The number of carbonyl (C=O) groups is 2. The van der Waals surface area contributed by atoms with E-state index in [1.54, 1.807) is 7.11 Å². The molecule has 3 aromatic rings. The number of aromatic nitrogens is 1. The summed E-state index contributed by atoms with van der Waals surface area (Å²) >= 11 is 1.01. The summed E-state index contributed by atoms with van der Waals surface area (Å²) in [7, 11) is 3.45. The van der Waals surface area contributed by atoms with Crippen LogP contribution in [0.15, 0.2) is 46.9 Å². The number of oxazole rings is 1. The molecular weight excluding hydrogens is 402 g/mol. The van der Waals surface area contributed by atoms with Gasteiger partial charge in [0.15, 0.2) is 5.58 Å². The molecule has 1 aliphatic rings. The second-order valence-corrected chi connectivity index (χ2v) is 7.92. The number of fused-ring (bicyclic) bond motifs is 1. The molecule has 2 heterocycles. The van der Waals surface area contributed by atoms with Crippen LogP contribution < -0.4 is 15.0 Å². The van der Waals surface area contributed by atoms with E-state index in [9.17, 15) is 9.59 Å². The molecule has 8 heteroatoms. The largest absolute Gasteiger partial charge is 0.495 e. The number of para-hydroxylation sites is 2. The predicted octanol–water partition coefficient (Wildman–Crippen LogP) is 3.22. The SMILES string of the molecule is COc1ccc(CC2SC(=O)NC2=O)cc1C#CCN(C)c1nc2ccccc2o1. The number of rotatable bonds is 5. The lowest BCUT2D eigenvalue weighted by molar-refractivity contribution is -0.118. The Kier molecular flexibility index (Phi) is 5.63. The van der Waals surface area contributed by atoms with Crippen LogP contribution >= 0.6 is 11.8 Å². The Balaban J connectivity index is 1.48. The van der Waals surface area contributed by atoms with Crippen molar-refractivity contribution in [3.8, 4) is 17.6 Å². The zero-order chi connectivity index (χ0) is 21.1. The molecule has 0 aliphatic carbocycles. The molecule has 1 atom stereocenters. The summed E-state index contributed by atoms with van der Waals surface area (Å²) in [6.45, 7) is 0.412. The lowest BCUT2D eigenvalue weighted by Crippen LogP contribution is -2.25. The highest BCUT2D eigenvalue weighted by atomic mass is 32.2. The third-order valence-corrected chi connectivity index (χ3v) is 5.58. The van der Waals surface area contributed by atoms with Crippen LogP contribution in [-0.2, 0) is 11.2 Å². The smallest absolute Gasteiger partial charge is 0.298 e. The fourth-order valence-corrected chi connectivity index (χ4v) is 3.93. The van der Waals surface area contributed by atoms with E-state index in [0.717, 1.165) is 34.0 Å². The minimum atomic E-state index is -0.419. The number of thioether (sulfide) groups is 1. The van der Waals surface area contributed by atoms with E-state index >= 15 is 0 Å². The van der Waals surface area contributed by atoms with E-state index in [1.165, 1.54) is 0 Å². The van der Waals surface area contributed by atoms with Crippen molar-refractivity contribution in [1.29, 1.82) is 0 Å². The summed E-state index contributed by atoms with van der Waals surface area (Å²) in [5.74, 6) is 6.63. The summed E-state index contributed by atoms with van der Waals surface area (Å²) in [6, 6.07) is 13.7. The molecule has 7 nitrogen and oxygen atoms in total. The van der Waals surface area contributed by atoms with Crippen LogP contribution in [0.3, 0.4) is 0 Å². The molecule has 2 aromatic carbocycles. The molecule has 30 heavy (non-hydrogen) atoms. The number of nitrogens with one attached hydrogen (secondary N) is 1. The zero-order valence-electron chi connectivity index (χ0n) is 16.5. The maximum absolute atomic E-state index is 11.8. The van der Waals surface area contributed by atoms with Gasteiger partial charge in [-0.15, -0.1) is 0 Å². The average Bonchev–Trinajstić information content (AvgIpc) is 3.30. The number of methoxy groups -OCH3 is 1. The molecule has 0 saturated carbocycles. The van der Waals surface area contributed by atoms with E-state index in [-0.39, 0.29) is 11.1 Å². The molecular formula is C22H19N3O4S. The number of benzene rings is 2. The van der Waals surface area contributed by atoms with Gasteiger partial charge in [-0.05, 0) is 36.2 Å². The van der Waals surface area contributed by atoms with Crippen LogP contribution in [0.5, 0.6) is 5.75 Å². The van der Waals surface area contributed by atoms with Crippen LogP contribution in [0.25, 0.3) is 11.1 Å². The molecule has 1 aliphatic heterocycles. The van der Waals surface area contributed by atoms with Gasteiger partial charge < -0.3 is 14.1 Å². The van der Waals surface area contributed by atoms with Gasteiger partial charge in [0.05, 0.1) is 24.5 Å². The van der Waals surface area contributed by atoms with Gasteiger partial charge in [-0.25, -0.2) is 0 Å². The fraction of sp³-hybridized carbons (Fsp3) is 0.227. The first kappa shape index (κ1) is 19.9. The van der Waals surface area contributed by atoms with Crippen molar-refractivity contribution >= 4 is 40.0 Å². The van der Waals surface area contributed by atoms with E-state index in [4.69, 9.17) is 9.15 Å². The molecule has 1 unspecified atom stereocenters. The number of anilines is 1. The minimum Gasteiger partial charge on any atom is -0.495 e. The molecule has 1 saturated heterocycles. The number of ether oxygens (including phenoxy) is 1. The lowest BCUT2D eigenvalue weighted by Gasteiger charge is -2.10. The van der Waals surface area contributed by atoms with Crippen molar-refractivity contribution in [2.75, 3.05) is 25.6 Å². The quantitative estimate of drug-likeness (QED) is 0.633.